The second kappa shape index (κ2) is 4.88. The van der Waals surface area contributed by atoms with E-state index in [0.29, 0.717) is 6.54 Å². The molecule has 6 heteroatoms. The van der Waals surface area contributed by atoms with Gasteiger partial charge in [0.15, 0.2) is 5.69 Å². The average Bonchev–Trinajstić information content (AvgIpc) is 2.47. The van der Waals surface area contributed by atoms with Gasteiger partial charge in [-0.15, -0.1) is 0 Å². The molecule has 0 amide bonds. The molecule has 0 N–H and O–H groups in total. The van der Waals surface area contributed by atoms with Gasteiger partial charge in [-0.3, -0.25) is 4.68 Å². The van der Waals surface area contributed by atoms with Crippen LogP contribution in [0, 0.1) is 0 Å². The summed E-state index contributed by atoms with van der Waals surface area (Å²) >= 11 is 5.44. The molecule has 1 aromatic heterocycles. The van der Waals surface area contributed by atoms with Crippen LogP contribution in [0.5, 0.6) is 0 Å². The highest BCUT2D eigenvalue weighted by atomic mass is 35.5. The van der Waals surface area contributed by atoms with Crippen LogP contribution in [-0.4, -0.2) is 9.78 Å². The third-order valence-electron chi connectivity index (χ3n) is 1.98. The highest BCUT2D eigenvalue weighted by molar-refractivity contribution is 6.31. The molecule has 0 spiro atoms. The van der Waals surface area contributed by atoms with E-state index < -0.39 is 11.9 Å². The third-order valence-corrected chi connectivity index (χ3v) is 2.25. The molecule has 0 aliphatic carbocycles. The third kappa shape index (κ3) is 3.41. The van der Waals surface area contributed by atoms with Gasteiger partial charge in [-0.05, 0) is 6.42 Å². The van der Waals surface area contributed by atoms with Crippen LogP contribution < -0.4 is 0 Å². The lowest BCUT2D eigenvalue weighted by Gasteiger charge is -2.02. The molecule has 0 bridgehead atoms. The molecule has 0 aromatic carbocycles. The van der Waals surface area contributed by atoms with Crippen LogP contribution in [0.3, 0.4) is 0 Å². The summed E-state index contributed by atoms with van der Waals surface area (Å²) in [5.41, 5.74) is -0.999. The topological polar surface area (TPSA) is 17.8 Å². The van der Waals surface area contributed by atoms with Crippen molar-refractivity contribution < 1.29 is 13.2 Å². The zero-order chi connectivity index (χ0) is 11.5. The molecule has 2 nitrogen and oxygen atoms in total. The summed E-state index contributed by atoms with van der Waals surface area (Å²) in [4.78, 5) is 0. The maximum Gasteiger partial charge on any atom is 0.436 e. The van der Waals surface area contributed by atoms with Crippen molar-refractivity contribution in [3.63, 3.8) is 0 Å². The van der Waals surface area contributed by atoms with Crippen LogP contribution in [0.25, 0.3) is 0 Å². The summed E-state index contributed by atoms with van der Waals surface area (Å²) in [6, 6.07) is 0. The van der Waals surface area contributed by atoms with Gasteiger partial charge in [0.05, 0.1) is 5.02 Å². The van der Waals surface area contributed by atoms with E-state index in [1.807, 2.05) is 6.92 Å². The Kier molecular flexibility index (Phi) is 4.02. The Hall–Kier alpha value is -0.710. The molecule has 1 rings (SSSR count). The van der Waals surface area contributed by atoms with Crippen LogP contribution in [-0.2, 0) is 12.7 Å². The monoisotopic (exact) mass is 240 g/mol. The minimum absolute atomic E-state index is 0.334. The molecule has 0 aliphatic heterocycles. The van der Waals surface area contributed by atoms with E-state index in [9.17, 15) is 13.2 Å². The summed E-state index contributed by atoms with van der Waals surface area (Å²) < 4.78 is 38.1. The highest BCUT2D eigenvalue weighted by Gasteiger charge is 2.36. The number of halogens is 4. The SMILES string of the molecule is CCCCCn1cc(Cl)c(C(F)(F)F)n1. The van der Waals surface area contributed by atoms with E-state index >= 15 is 0 Å². The summed E-state index contributed by atoms with van der Waals surface area (Å²) in [5.74, 6) is 0. The maximum absolute atomic E-state index is 12.3. The van der Waals surface area contributed by atoms with Crippen molar-refractivity contribution in [3.05, 3.63) is 16.9 Å². The molecule has 1 heterocycles. The molecule has 0 saturated heterocycles. The second-order valence-electron chi connectivity index (χ2n) is 3.29. The lowest BCUT2D eigenvalue weighted by atomic mass is 10.2. The fourth-order valence-corrected chi connectivity index (χ4v) is 1.49. The van der Waals surface area contributed by atoms with Gasteiger partial charge in [0.1, 0.15) is 0 Å². The van der Waals surface area contributed by atoms with E-state index in [1.165, 1.54) is 10.9 Å². The van der Waals surface area contributed by atoms with Crippen LogP contribution >= 0.6 is 11.6 Å². The van der Waals surface area contributed by atoms with Crippen molar-refractivity contribution in [2.24, 2.45) is 0 Å². The quantitative estimate of drug-likeness (QED) is 0.733. The van der Waals surface area contributed by atoms with Gasteiger partial charge >= 0.3 is 6.18 Å². The number of hydrogen-bond acceptors (Lipinski definition) is 1. The standard InChI is InChI=1S/C9H12ClF3N2/c1-2-3-4-5-15-6-7(10)8(14-15)9(11,12)13/h6H,2-5H2,1H3. The first-order valence-electron chi connectivity index (χ1n) is 4.75. The fraction of sp³-hybridized carbons (Fsp3) is 0.667. The Morgan fingerprint density at radius 3 is 2.53 bits per heavy atom. The van der Waals surface area contributed by atoms with Gasteiger partial charge in [0.25, 0.3) is 0 Å². The van der Waals surface area contributed by atoms with Gasteiger partial charge in [-0.1, -0.05) is 31.4 Å². The molecule has 1 aromatic rings. The first-order valence-corrected chi connectivity index (χ1v) is 5.13. The zero-order valence-corrected chi connectivity index (χ0v) is 9.07. The second-order valence-corrected chi connectivity index (χ2v) is 3.70. The smallest absolute Gasteiger partial charge is 0.271 e. The van der Waals surface area contributed by atoms with E-state index in [4.69, 9.17) is 11.6 Å². The predicted octanol–water partition coefficient (Wildman–Crippen LogP) is 3.75. The number of alkyl halides is 3. The van der Waals surface area contributed by atoms with Crippen molar-refractivity contribution >= 4 is 11.6 Å². The summed E-state index contributed by atoms with van der Waals surface area (Å²) in [5, 5.41) is 3.08. The number of aryl methyl sites for hydroxylation is 1. The number of unbranched alkanes of at least 4 members (excludes halogenated alkanes) is 2. The number of nitrogens with zero attached hydrogens (tertiary/aromatic N) is 2. The average molecular weight is 241 g/mol. The van der Waals surface area contributed by atoms with Gasteiger partial charge in [0, 0.05) is 12.7 Å². The van der Waals surface area contributed by atoms with Crippen molar-refractivity contribution in [1.29, 1.82) is 0 Å². The van der Waals surface area contributed by atoms with Crippen molar-refractivity contribution in [3.8, 4) is 0 Å². The van der Waals surface area contributed by atoms with Crippen LogP contribution in [0.15, 0.2) is 6.20 Å². The van der Waals surface area contributed by atoms with Crippen LogP contribution in [0.1, 0.15) is 31.9 Å². The first kappa shape index (κ1) is 12.4. The van der Waals surface area contributed by atoms with Gasteiger partial charge in [0.2, 0.25) is 0 Å². The Balaban J connectivity index is 2.69. The maximum atomic E-state index is 12.3. The molecular formula is C9H12ClF3N2. The molecule has 86 valence electrons. The molecule has 15 heavy (non-hydrogen) atoms. The minimum atomic E-state index is -4.47. The summed E-state index contributed by atoms with van der Waals surface area (Å²) in [6.07, 6.45) is -0.446. The summed E-state index contributed by atoms with van der Waals surface area (Å²) in [6.45, 7) is 2.50. The van der Waals surface area contributed by atoms with E-state index in [-0.39, 0.29) is 5.02 Å². The highest BCUT2D eigenvalue weighted by Crippen LogP contribution is 2.33. The zero-order valence-electron chi connectivity index (χ0n) is 8.31. The van der Waals surface area contributed by atoms with Crippen molar-refractivity contribution in [2.75, 3.05) is 0 Å². The normalized spacial score (nSPS) is 12.1. The van der Waals surface area contributed by atoms with Gasteiger partial charge in [-0.2, -0.15) is 18.3 Å². The van der Waals surface area contributed by atoms with E-state index in [2.05, 4.69) is 5.10 Å². The number of aromatic nitrogens is 2. The fourth-order valence-electron chi connectivity index (χ4n) is 1.23. The predicted molar refractivity (Wildman–Crippen MR) is 51.8 cm³/mol. The first-order chi connectivity index (χ1) is 6.95. The lowest BCUT2D eigenvalue weighted by molar-refractivity contribution is -0.141. The summed E-state index contributed by atoms with van der Waals surface area (Å²) in [7, 11) is 0. The van der Waals surface area contributed by atoms with Gasteiger partial charge in [-0.25, -0.2) is 0 Å². The number of hydrogen-bond donors (Lipinski definition) is 0. The molecule has 0 radical (unpaired) electrons. The minimum Gasteiger partial charge on any atom is -0.271 e. The Bertz CT molecular complexity index is 320. The van der Waals surface area contributed by atoms with E-state index in [0.717, 1.165) is 19.3 Å². The van der Waals surface area contributed by atoms with Crippen LogP contribution in [0.2, 0.25) is 5.02 Å². The Morgan fingerprint density at radius 1 is 1.40 bits per heavy atom. The molecule has 0 atom stereocenters. The largest absolute Gasteiger partial charge is 0.436 e. The van der Waals surface area contributed by atoms with Crippen LogP contribution in [0.4, 0.5) is 13.2 Å². The number of rotatable bonds is 4. The molecule has 0 unspecified atom stereocenters. The van der Waals surface area contributed by atoms with E-state index in [1.54, 1.807) is 0 Å². The Morgan fingerprint density at radius 2 is 2.07 bits per heavy atom. The Labute approximate surface area is 91.0 Å². The van der Waals surface area contributed by atoms with Crippen molar-refractivity contribution in [2.45, 2.75) is 38.9 Å². The molecule has 0 fully saturated rings. The van der Waals surface area contributed by atoms with Crippen molar-refractivity contribution in [1.82, 2.24) is 9.78 Å². The molecule has 0 saturated carbocycles. The molecular weight excluding hydrogens is 229 g/mol. The molecule has 0 aliphatic rings. The lowest BCUT2D eigenvalue weighted by Crippen LogP contribution is -2.08. The van der Waals surface area contributed by atoms with Gasteiger partial charge < -0.3 is 0 Å².